The fraction of sp³-hybridized carbons (Fsp3) is 0.923. The monoisotopic (exact) mass is 305 g/mol. The molecule has 0 radical (unpaired) electrons. The molecule has 0 aromatic rings. The lowest BCUT2D eigenvalue weighted by molar-refractivity contribution is -0.109. The zero-order chi connectivity index (χ0) is 15.6. The van der Waals surface area contributed by atoms with Crippen LogP contribution >= 0.6 is 0 Å². The van der Waals surface area contributed by atoms with Gasteiger partial charge in [0, 0.05) is 52.4 Å². The number of rotatable bonds is 17. The number of ether oxygens (including phenoxy) is 2. The highest BCUT2D eigenvalue weighted by molar-refractivity contribution is 5.45. The number of carbonyl (C=O) groups excluding carboxylic acids is 1. The van der Waals surface area contributed by atoms with E-state index in [9.17, 15) is 4.79 Å². The van der Waals surface area contributed by atoms with Crippen molar-refractivity contribution in [3.05, 3.63) is 0 Å². The summed E-state index contributed by atoms with van der Waals surface area (Å²) in [6.45, 7) is 8.47. The molecule has 8 nitrogen and oxygen atoms in total. The van der Waals surface area contributed by atoms with Crippen molar-refractivity contribution < 1.29 is 14.3 Å². The Morgan fingerprint density at radius 2 is 1.48 bits per heavy atom. The van der Waals surface area contributed by atoms with Crippen molar-refractivity contribution in [1.29, 1.82) is 0 Å². The second-order valence-corrected chi connectivity index (χ2v) is 4.47. The molecular formula is C13H31N5O3. The first-order valence-electron chi connectivity index (χ1n) is 7.50. The van der Waals surface area contributed by atoms with Crippen LogP contribution in [0.1, 0.15) is 0 Å². The lowest BCUT2D eigenvalue weighted by atomic mass is 10.4. The SMILES string of the molecule is NCCOCCN(CCNCCNC=O)CCOCCN. The Kier molecular flexibility index (Phi) is 16.6. The zero-order valence-corrected chi connectivity index (χ0v) is 12.9. The molecule has 126 valence electrons. The molecule has 0 fully saturated rings. The Balaban J connectivity index is 3.69. The van der Waals surface area contributed by atoms with Gasteiger partial charge in [0.2, 0.25) is 6.41 Å². The highest BCUT2D eigenvalue weighted by Crippen LogP contribution is 1.89. The van der Waals surface area contributed by atoms with Crippen LogP contribution in [0.3, 0.4) is 0 Å². The van der Waals surface area contributed by atoms with E-state index in [1.807, 2.05) is 0 Å². The Hall–Kier alpha value is -0.770. The second-order valence-electron chi connectivity index (χ2n) is 4.47. The van der Waals surface area contributed by atoms with E-state index in [2.05, 4.69) is 15.5 Å². The molecule has 0 rings (SSSR count). The van der Waals surface area contributed by atoms with E-state index < -0.39 is 0 Å². The van der Waals surface area contributed by atoms with Gasteiger partial charge >= 0.3 is 0 Å². The van der Waals surface area contributed by atoms with Crippen LogP contribution in [0.5, 0.6) is 0 Å². The van der Waals surface area contributed by atoms with Crippen LogP contribution in [0.2, 0.25) is 0 Å². The molecule has 0 aliphatic rings. The number of carbonyl (C=O) groups is 1. The summed E-state index contributed by atoms with van der Waals surface area (Å²) in [5.41, 5.74) is 10.8. The molecule has 21 heavy (non-hydrogen) atoms. The van der Waals surface area contributed by atoms with Crippen molar-refractivity contribution in [3.8, 4) is 0 Å². The van der Waals surface area contributed by atoms with Crippen molar-refractivity contribution >= 4 is 6.41 Å². The van der Waals surface area contributed by atoms with E-state index in [1.54, 1.807) is 0 Å². The van der Waals surface area contributed by atoms with Crippen molar-refractivity contribution in [3.63, 3.8) is 0 Å². The van der Waals surface area contributed by atoms with Gasteiger partial charge in [0.1, 0.15) is 0 Å². The van der Waals surface area contributed by atoms with Crippen molar-refractivity contribution in [2.75, 3.05) is 78.8 Å². The summed E-state index contributed by atoms with van der Waals surface area (Å²) in [4.78, 5) is 12.4. The van der Waals surface area contributed by atoms with Crippen molar-refractivity contribution in [2.24, 2.45) is 11.5 Å². The minimum Gasteiger partial charge on any atom is -0.379 e. The minimum atomic E-state index is 0.547. The Morgan fingerprint density at radius 1 is 0.857 bits per heavy atom. The van der Waals surface area contributed by atoms with E-state index in [0.29, 0.717) is 52.5 Å². The quantitative estimate of drug-likeness (QED) is 0.174. The second kappa shape index (κ2) is 17.3. The number of nitrogens with one attached hydrogen (secondary N) is 2. The summed E-state index contributed by atoms with van der Waals surface area (Å²) < 4.78 is 10.8. The highest BCUT2D eigenvalue weighted by atomic mass is 16.5. The summed E-state index contributed by atoms with van der Waals surface area (Å²) in [5, 5.41) is 5.88. The largest absolute Gasteiger partial charge is 0.379 e. The van der Waals surface area contributed by atoms with Gasteiger partial charge in [0.25, 0.3) is 0 Å². The van der Waals surface area contributed by atoms with Crippen LogP contribution in [-0.2, 0) is 14.3 Å². The average molecular weight is 305 g/mol. The number of hydrogen-bond donors (Lipinski definition) is 4. The number of nitrogens with zero attached hydrogens (tertiary/aromatic N) is 1. The van der Waals surface area contributed by atoms with Crippen LogP contribution in [0.4, 0.5) is 0 Å². The Bertz CT molecular complexity index is 210. The van der Waals surface area contributed by atoms with Gasteiger partial charge in [-0.05, 0) is 0 Å². The van der Waals surface area contributed by atoms with Gasteiger partial charge in [0.15, 0.2) is 0 Å². The third kappa shape index (κ3) is 15.4. The van der Waals surface area contributed by atoms with E-state index in [-0.39, 0.29) is 0 Å². The van der Waals surface area contributed by atoms with Gasteiger partial charge in [-0.1, -0.05) is 0 Å². The third-order valence-electron chi connectivity index (χ3n) is 2.76. The molecule has 0 aliphatic carbocycles. The lowest BCUT2D eigenvalue weighted by Gasteiger charge is -2.22. The number of nitrogens with two attached hydrogens (primary N) is 2. The van der Waals surface area contributed by atoms with Crippen LogP contribution in [0.25, 0.3) is 0 Å². The van der Waals surface area contributed by atoms with E-state index in [4.69, 9.17) is 20.9 Å². The van der Waals surface area contributed by atoms with Gasteiger partial charge in [0.05, 0.1) is 26.4 Å². The summed E-state index contributed by atoms with van der Waals surface area (Å²) in [7, 11) is 0. The fourth-order valence-electron chi connectivity index (χ4n) is 1.68. The van der Waals surface area contributed by atoms with Crippen LogP contribution < -0.4 is 22.1 Å². The molecule has 8 heteroatoms. The average Bonchev–Trinajstić information content (AvgIpc) is 2.50. The van der Waals surface area contributed by atoms with Gasteiger partial charge in [-0.2, -0.15) is 0 Å². The molecule has 0 bridgehead atoms. The Morgan fingerprint density at radius 3 is 2.00 bits per heavy atom. The molecule has 0 aromatic heterocycles. The summed E-state index contributed by atoms with van der Waals surface area (Å²) in [6, 6.07) is 0. The predicted octanol–water partition coefficient (Wildman–Crippen LogP) is -2.43. The molecule has 0 spiro atoms. The van der Waals surface area contributed by atoms with Crippen molar-refractivity contribution in [2.45, 2.75) is 0 Å². The fourth-order valence-corrected chi connectivity index (χ4v) is 1.68. The minimum absolute atomic E-state index is 0.547. The van der Waals surface area contributed by atoms with Crippen LogP contribution in [-0.4, -0.2) is 90.1 Å². The molecule has 6 N–H and O–H groups in total. The summed E-state index contributed by atoms with van der Waals surface area (Å²) in [5.74, 6) is 0. The van der Waals surface area contributed by atoms with Gasteiger partial charge in [-0.25, -0.2) is 0 Å². The lowest BCUT2D eigenvalue weighted by Crippen LogP contribution is -2.38. The molecule has 1 amide bonds. The smallest absolute Gasteiger partial charge is 0.207 e. The van der Waals surface area contributed by atoms with Gasteiger partial charge in [-0.3, -0.25) is 9.69 Å². The van der Waals surface area contributed by atoms with Crippen molar-refractivity contribution in [1.82, 2.24) is 15.5 Å². The highest BCUT2D eigenvalue weighted by Gasteiger charge is 2.04. The molecular weight excluding hydrogens is 274 g/mol. The zero-order valence-electron chi connectivity index (χ0n) is 12.9. The molecule has 0 unspecified atom stereocenters. The standard InChI is InChI=1S/C13H31N5O3/c14-1-9-20-11-7-18(8-12-21-10-2-15)6-5-16-3-4-17-13-19/h13,16H,1-12,14-15H2,(H,17,19). The summed E-state index contributed by atoms with van der Waals surface area (Å²) in [6.07, 6.45) is 0.706. The number of hydrogen-bond acceptors (Lipinski definition) is 7. The molecule has 0 aliphatic heterocycles. The maximum Gasteiger partial charge on any atom is 0.207 e. The van der Waals surface area contributed by atoms with E-state index >= 15 is 0 Å². The number of amides is 1. The molecule has 0 heterocycles. The van der Waals surface area contributed by atoms with Gasteiger partial charge < -0.3 is 31.6 Å². The maximum atomic E-state index is 10.1. The third-order valence-corrected chi connectivity index (χ3v) is 2.76. The normalized spacial score (nSPS) is 11.0. The van der Waals surface area contributed by atoms with E-state index in [1.165, 1.54) is 0 Å². The first-order chi connectivity index (χ1) is 10.3. The first-order valence-corrected chi connectivity index (χ1v) is 7.50. The molecule has 0 saturated heterocycles. The maximum absolute atomic E-state index is 10.1. The van der Waals surface area contributed by atoms with Gasteiger partial charge in [-0.15, -0.1) is 0 Å². The topological polar surface area (TPSA) is 115 Å². The predicted molar refractivity (Wildman–Crippen MR) is 83.1 cm³/mol. The molecule has 0 aromatic carbocycles. The Labute approximate surface area is 127 Å². The first kappa shape index (κ1) is 20.2. The van der Waals surface area contributed by atoms with Crippen LogP contribution in [0.15, 0.2) is 0 Å². The molecule has 0 atom stereocenters. The van der Waals surface area contributed by atoms with Crippen LogP contribution in [0, 0.1) is 0 Å². The molecule has 0 saturated carbocycles. The van der Waals surface area contributed by atoms with E-state index in [0.717, 1.165) is 32.7 Å². The summed E-state index contributed by atoms with van der Waals surface area (Å²) >= 11 is 0.